The second-order valence-electron chi connectivity index (χ2n) is 11.3. The third kappa shape index (κ3) is 7.06. The lowest BCUT2D eigenvalue weighted by molar-refractivity contribution is 0.104. The van der Waals surface area contributed by atoms with Gasteiger partial charge in [-0.1, -0.05) is 63.8 Å². The van der Waals surface area contributed by atoms with Crippen LogP contribution in [0.25, 0.3) is 0 Å². The zero-order valence-electron chi connectivity index (χ0n) is 26.7. The van der Waals surface area contributed by atoms with Crippen molar-refractivity contribution in [3.63, 3.8) is 0 Å². The highest BCUT2D eigenvalue weighted by atomic mass is 31.2. The smallest absolute Gasteiger partial charge is 0.252 e. The average Bonchev–Trinajstić information content (AvgIpc) is 2.98. The van der Waals surface area contributed by atoms with Gasteiger partial charge in [-0.15, -0.1) is 0 Å². The monoisotopic (exact) mass is 590 g/mol. The summed E-state index contributed by atoms with van der Waals surface area (Å²) in [7, 11) is -4.43. The number of hydrogen-bond donors (Lipinski definition) is 0. The lowest BCUT2D eigenvalue weighted by Crippen LogP contribution is -2.24. The van der Waals surface area contributed by atoms with Gasteiger partial charge in [-0.2, -0.15) is 0 Å². The molecule has 0 spiro atoms. The number of unbranched alkanes of at least 4 members (excludes halogenated alkanes) is 4. The van der Waals surface area contributed by atoms with Crippen molar-refractivity contribution in [2.45, 2.75) is 93.9 Å². The molecule has 0 amide bonds. The van der Waals surface area contributed by atoms with E-state index in [1.165, 1.54) is 0 Å². The van der Waals surface area contributed by atoms with Crippen LogP contribution in [0.2, 0.25) is 0 Å². The fourth-order valence-electron chi connectivity index (χ4n) is 5.06. The molecule has 0 N–H and O–H groups in total. The molecule has 0 heterocycles. The van der Waals surface area contributed by atoms with Gasteiger partial charge in [0.25, 0.3) is 7.14 Å². The Morgan fingerprint density at radius 2 is 1.10 bits per heavy atom. The van der Waals surface area contributed by atoms with Crippen molar-refractivity contribution in [1.29, 1.82) is 0 Å². The zero-order chi connectivity index (χ0) is 31.0. The van der Waals surface area contributed by atoms with E-state index in [4.69, 9.17) is 9.47 Å². The van der Waals surface area contributed by atoms with E-state index in [1.54, 1.807) is 30.3 Å². The van der Waals surface area contributed by atoms with Crippen molar-refractivity contribution >= 4 is 23.5 Å². The van der Waals surface area contributed by atoms with Crippen molar-refractivity contribution in [2.24, 2.45) is 0 Å². The van der Waals surface area contributed by atoms with Gasteiger partial charge in [0.2, 0.25) is 11.0 Å². The van der Waals surface area contributed by atoms with E-state index >= 15 is 4.57 Å². The minimum Gasteiger partial charge on any atom is -0.493 e. The third-order valence-corrected chi connectivity index (χ3v) is 11.1. The summed E-state index contributed by atoms with van der Waals surface area (Å²) < 4.78 is 27.6. The summed E-state index contributed by atoms with van der Waals surface area (Å²) in [5.41, 5.74) is 4.66. The summed E-state index contributed by atoms with van der Waals surface area (Å²) in [4.78, 5) is 29.0. The van der Waals surface area contributed by atoms with Crippen molar-refractivity contribution in [3.8, 4) is 11.5 Å². The maximum atomic E-state index is 15.4. The summed E-state index contributed by atoms with van der Waals surface area (Å²) in [6, 6.07) is 12.1. The van der Waals surface area contributed by atoms with Crippen LogP contribution >= 0.6 is 7.14 Å². The minimum atomic E-state index is -4.43. The zero-order valence-corrected chi connectivity index (χ0v) is 27.6. The van der Waals surface area contributed by atoms with Crippen molar-refractivity contribution in [2.75, 3.05) is 13.2 Å². The Hall–Kier alpha value is -3.17. The van der Waals surface area contributed by atoms with Crippen LogP contribution in [0.1, 0.15) is 106 Å². The van der Waals surface area contributed by atoms with Gasteiger partial charge in [0.15, 0.2) is 0 Å². The Kier molecular flexibility index (Phi) is 11.8. The van der Waals surface area contributed by atoms with E-state index in [0.29, 0.717) is 30.1 Å². The second-order valence-corrected chi connectivity index (χ2v) is 13.8. The molecule has 42 heavy (non-hydrogen) atoms. The molecule has 6 heteroatoms. The molecule has 0 bridgehead atoms. The lowest BCUT2D eigenvalue weighted by atomic mass is 9.99. The highest BCUT2D eigenvalue weighted by molar-refractivity contribution is 8.01. The first kappa shape index (κ1) is 33.3. The molecule has 0 fully saturated rings. The number of aryl methyl sites for hydroxylation is 2. The first-order valence-electron chi connectivity index (χ1n) is 15.2. The molecule has 0 unspecified atom stereocenters. The molecule has 3 aromatic rings. The maximum Gasteiger partial charge on any atom is 0.252 e. The van der Waals surface area contributed by atoms with Crippen LogP contribution in [0.15, 0.2) is 42.5 Å². The number of rotatable bonds is 15. The lowest BCUT2D eigenvalue weighted by Gasteiger charge is -2.23. The minimum absolute atomic E-state index is 0.130. The molecule has 3 aromatic carbocycles. The Morgan fingerprint density at radius 1 is 0.619 bits per heavy atom. The van der Waals surface area contributed by atoms with Gasteiger partial charge >= 0.3 is 0 Å². The first-order chi connectivity index (χ1) is 20.0. The van der Waals surface area contributed by atoms with Gasteiger partial charge in [0.1, 0.15) is 11.5 Å². The van der Waals surface area contributed by atoms with Gasteiger partial charge in [0, 0.05) is 17.2 Å². The van der Waals surface area contributed by atoms with E-state index in [1.807, 2.05) is 53.7 Å². The third-order valence-electron chi connectivity index (χ3n) is 8.44. The predicted octanol–water partition coefficient (Wildman–Crippen LogP) is 9.34. The fraction of sp³-hybridized carbons (Fsp3) is 0.444. The van der Waals surface area contributed by atoms with Crippen molar-refractivity contribution < 1.29 is 23.6 Å². The Morgan fingerprint density at radius 3 is 1.57 bits per heavy atom. The van der Waals surface area contributed by atoms with Gasteiger partial charge < -0.3 is 14.0 Å². The SMILES string of the molecule is CCCCCOc1ccc(P(=O)(C(=O)c2ccc(C)c(C)c2C)C(=O)c2ccc(C)c(C)c2C)c(OCCCCC)c1. The molecule has 0 aromatic heterocycles. The molecular weight excluding hydrogens is 543 g/mol. The van der Waals surface area contributed by atoms with Crippen LogP contribution in [0.3, 0.4) is 0 Å². The number of carbonyl (C=O) groups excluding carboxylic acids is 2. The van der Waals surface area contributed by atoms with Crippen LogP contribution in [-0.2, 0) is 4.57 Å². The fourth-order valence-corrected chi connectivity index (χ4v) is 7.57. The molecular formula is C36H47O5P. The van der Waals surface area contributed by atoms with Gasteiger partial charge in [-0.3, -0.25) is 9.59 Å². The average molecular weight is 591 g/mol. The van der Waals surface area contributed by atoms with Crippen LogP contribution in [-0.4, -0.2) is 24.3 Å². The van der Waals surface area contributed by atoms with Crippen molar-refractivity contribution in [3.05, 3.63) is 87.0 Å². The molecule has 226 valence electrons. The van der Waals surface area contributed by atoms with Crippen LogP contribution in [0.4, 0.5) is 0 Å². The molecule has 0 aliphatic rings. The molecule has 3 rings (SSSR count). The number of carbonyl (C=O) groups is 2. The van der Waals surface area contributed by atoms with E-state index in [0.717, 1.165) is 71.9 Å². The van der Waals surface area contributed by atoms with E-state index in [-0.39, 0.29) is 11.1 Å². The van der Waals surface area contributed by atoms with Gasteiger partial charge in [-0.25, -0.2) is 0 Å². The summed E-state index contributed by atoms with van der Waals surface area (Å²) >= 11 is 0. The quantitative estimate of drug-likeness (QED) is 0.130. The topological polar surface area (TPSA) is 69.7 Å². The van der Waals surface area contributed by atoms with Crippen LogP contribution < -0.4 is 14.8 Å². The normalized spacial score (nSPS) is 11.4. The van der Waals surface area contributed by atoms with E-state index < -0.39 is 18.2 Å². The maximum absolute atomic E-state index is 15.4. The summed E-state index contributed by atoms with van der Waals surface area (Å²) in [5, 5.41) is 0.130. The Labute approximate surface area is 252 Å². The standard InChI is InChI=1S/C36H47O5P/c1-9-11-13-21-40-30-17-20-34(33(23-30)41-22-14-12-10-2)42(39,35(37)31-18-15-24(3)26(5)28(31)7)36(38)32-19-16-25(4)27(6)29(32)8/h15-20,23H,9-14,21-22H2,1-8H3. The van der Waals surface area contributed by atoms with E-state index in [9.17, 15) is 9.59 Å². The first-order valence-corrected chi connectivity index (χ1v) is 16.9. The molecule has 0 aliphatic heterocycles. The Balaban J connectivity index is 2.25. The summed E-state index contributed by atoms with van der Waals surface area (Å²) in [6.07, 6.45) is 5.85. The number of benzene rings is 3. The van der Waals surface area contributed by atoms with E-state index in [2.05, 4.69) is 13.8 Å². The molecule has 5 nitrogen and oxygen atoms in total. The predicted molar refractivity (Wildman–Crippen MR) is 174 cm³/mol. The number of hydrogen-bond acceptors (Lipinski definition) is 5. The molecule has 0 radical (unpaired) electrons. The van der Waals surface area contributed by atoms with Gasteiger partial charge in [0.05, 0.1) is 18.5 Å². The highest BCUT2D eigenvalue weighted by Gasteiger charge is 2.46. The van der Waals surface area contributed by atoms with Crippen LogP contribution in [0, 0.1) is 41.5 Å². The largest absolute Gasteiger partial charge is 0.493 e. The highest BCUT2D eigenvalue weighted by Crippen LogP contribution is 2.54. The van der Waals surface area contributed by atoms with Crippen molar-refractivity contribution in [1.82, 2.24) is 0 Å². The summed E-state index contributed by atoms with van der Waals surface area (Å²) in [5.74, 6) is 0.837. The molecule has 0 atom stereocenters. The van der Waals surface area contributed by atoms with Gasteiger partial charge in [-0.05, 0) is 99.9 Å². The molecule has 0 aliphatic carbocycles. The second kappa shape index (κ2) is 14.8. The van der Waals surface area contributed by atoms with Crippen LogP contribution in [0.5, 0.6) is 11.5 Å². The molecule has 0 saturated heterocycles. The Bertz CT molecular complexity index is 1410. The number of ether oxygens (including phenoxy) is 2. The summed E-state index contributed by atoms with van der Waals surface area (Å²) in [6.45, 7) is 16.7. The molecule has 0 saturated carbocycles.